The van der Waals surface area contributed by atoms with Crippen molar-refractivity contribution in [1.29, 1.82) is 0 Å². The first-order valence-corrected chi connectivity index (χ1v) is 9.73. The third kappa shape index (κ3) is 2.91. The molecule has 1 fully saturated rings. The van der Waals surface area contributed by atoms with E-state index >= 15 is 0 Å². The van der Waals surface area contributed by atoms with Crippen LogP contribution in [-0.2, 0) is 6.54 Å². The maximum Gasteiger partial charge on any atom is 0.276 e. The van der Waals surface area contributed by atoms with E-state index in [0.717, 1.165) is 35.4 Å². The van der Waals surface area contributed by atoms with Crippen LogP contribution in [0.3, 0.4) is 0 Å². The topological polar surface area (TPSA) is 77.0 Å². The second kappa shape index (κ2) is 6.62. The molecule has 0 saturated carbocycles. The average molecular weight is 379 g/mol. The summed E-state index contributed by atoms with van der Waals surface area (Å²) in [6.45, 7) is 1.20. The van der Waals surface area contributed by atoms with E-state index in [1.165, 1.54) is 0 Å². The minimum absolute atomic E-state index is 0.0373. The van der Waals surface area contributed by atoms with E-state index < -0.39 is 0 Å². The minimum Gasteiger partial charge on any atom is -0.359 e. The number of likely N-dealkylation sites (tertiary alicyclic amines) is 1. The number of benzene rings is 1. The van der Waals surface area contributed by atoms with Crippen LogP contribution in [0.15, 0.2) is 52.8 Å². The van der Waals surface area contributed by atoms with Crippen LogP contribution in [0.25, 0.3) is 11.0 Å². The predicted molar refractivity (Wildman–Crippen MR) is 100 cm³/mol. The molecule has 1 aliphatic rings. The zero-order valence-corrected chi connectivity index (χ0v) is 15.3. The molecule has 3 aromatic heterocycles. The molecule has 0 N–H and O–H groups in total. The third-order valence-corrected chi connectivity index (χ3v) is 5.76. The molecule has 1 aromatic carbocycles. The number of carbonyl (C=O) groups excluding carboxylic acids is 1. The molecular formula is C19H17N5O2S. The van der Waals surface area contributed by atoms with E-state index in [-0.39, 0.29) is 11.9 Å². The van der Waals surface area contributed by atoms with Crippen molar-refractivity contribution in [3.8, 4) is 0 Å². The zero-order valence-electron chi connectivity index (χ0n) is 14.5. The molecule has 4 aromatic rings. The van der Waals surface area contributed by atoms with E-state index in [0.29, 0.717) is 18.0 Å². The molecule has 0 bridgehead atoms. The van der Waals surface area contributed by atoms with Gasteiger partial charge in [-0.05, 0) is 25.0 Å². The number of imidazole rings is 1. The lowest BCUT2D eigenvalue weighted by molar-refractivity contribution is 0.0725. The average Bonchev–Trinajstić information content (AvgIpc) is 3.47. The van der Waals surface area contributed by atoms with Gasteiger partial charge in [-0.15, -0.1) is 11.3 Å². The highest BCUT2D eigenvalue weighted by Gasteiger charge is 2.33. The molecule has 5 rings (SSSR count). The SMILES string of the molecule is O=C(c1cc(Cn2cnc3ccccc32)on1)N1CCCC1c1nccs1. The molecule has 136 valence electrons. The summed E-state index contributed by atoms with van der Waals surface area (Å²) in [5.41, 5.74) is 2.29. The van der Waals surface area contributed by atoms with Crippen LogP contribution in [0.5, 0.6) is 0 Å². The second-order valence-electron chi connectivity index (χ2n) is 6.57. The Morgan fingerprint density at radius 2 is 2.22 bits per heavy atom. The molecule has 7 nitrogen and oxygen atoms in total. The minimum atomic E-state index is -0.0989. The van der Waals surface area contributed by atoms with Gasteiger partial charge in [0.2, 0.25) is 0 Å². The van der Waals surface area contributed by atoms with Gasteiger partial charge in [0, 0.05) is 24.2 Å². The van der Waals surface area contributed by atoms with Crippen molar-refractivity contribution in [1.82, 2.24) is 24.6 Å². The second-order valence-corrected chi connectivity index (χ2v) is 7.49. The summed E-state index contributed by atoms with van der Waals surface area (Å²) in [7, 11) is 0. The van der Waals surface area contributed by atoms with E-state index in [1.54, 1.807) is 29.9 Å². The monoisotopic (exact) mass is 379 g/mol. The van der Waals surface area contributed by atoms with Crippen molar-refractivity contribution in [2.75, 3.05) is 6.54 Å². The number of fused-ring (bicyclic) bond motifs is 1. The Balaban J connectivity index is 1.36. The Morgan fingerprint density at radius 3 is 3.11 bits per heavy atom. The summed E-state index contributed by atoms with van der Waals surface area (Å²) in [6.07, 6.45) is 5.46. The van der Waals surface area contributed by atoms with Gasteiger partial charge in [0.25, 0.3) is 5.91 Å². The Hall–Kier alpha value is -3.00. The molecule has 27 heavy (non-hydrogen) atoms. The van der Waals surface area contributed by atoms with Gasteiger partial charge in [0.1, 0.15) is 5.01 Å². The van der Waals surface area contributed by atoms with Gasteiger partial charge in [0.05, 0.1) is 29.9 Å². The number of para-hydroxylation sites is 2. The van der Waals surface area contributed by atoms with Gasteiger partial charge in [-0.3, -0.25) is 4.79 Å². The van der Waals surface area contributed by atoms with Crippen LogP contribution in [0, 0.1) is 0 Å². The highest BCUT2D eigenvalue weighted by molar-refractivity contribution is 7.09. The Bertz CT molecular complexity index is 1080. The van der Waals surface area contributed by atoms with Crippen LogP contribution in [0.2, 0.25) is 0 Å². The van der Waals surface area contributed by atoms with Gasteiger partial charge < -0.3 is 14.0 Å². The van der Waals surface area contributed by atoms with Gasteiger partial charge in [0.15, 0.2) is 11.5 Å². The van der Waals surface area contributed by atoms with E-state index in [9.17, 15) is 4.79 Å². The molecule has 0 aliphatic carbocycles. The normalized spacial score (nSPS) is 17.0. The van der Waals surface area contributed by atoms with Crippen LogP contribution < -0.4 is 0 Å². The predicted octanol–water partition coefficient (Wildman–Crippen LogP) is 3.51. The lowest BCUT2D eigenvalue weighted by Crippen LogP contribution is -2.30. The highest BCUT2D eigenvalue weighted by Crippen LogP contribution is 2.34. The van der Waals surface area contributed by atoms with Crippen LogP contribution >= 0.6 is 11.3 Å². The van der Waals surface area contributed by atoms with Gasteiger partial charge in [-0.2, -0.15) is 0 Å². The number of hydrogen-bond acceptors (Lipinski definition) is 6. The van der Waals surface area contributed by atoms with Gasteiger partial charge >= 0.3 is 0 Å². The largest absolute Gasteiger partial charge is 0.359 e. The lowest BCUT2D eigenvalue weighted by atomic mass is 10.2. The maximum absolute atomic E-state index is 12.9. The summed E-state index contributed by atoms with van der Waals surface area (Å²) in [6, 6.07) is 9.67. The summed E-state index contributed by atoms with van der Waals surface area (Å²) in [4.78, 5) is 23.6. The number of rotatable bonds is 4. The Morgan fingerprint density at radius 1 is 1.30 bits per heavy atom. The molecule has 8 heteroatoms. The fourth-order valence-electron chi connectivity index (χ4n) is 3.61. The summed E-state index contributed by atoms with van der Waals surface area (Å²) in [5, 5.41) is 6.95. The number of hydrogen-bond donors (Lipinski definition) is 0. The highest BCUT2D eigenvalue weighted by atomic mass is 32.1. The molecule has 1 atom stereocenters. The molecule has 1 saturated heterocycles. The summed E-state index contributed by atoms with van der Waals surface area (Å²) >= 11 is 1.59. The Labute approximate surface area is 159 Å². The first-order valence-electron chi connectivity index (χ1n) is 8.85. The molecule has 1 amide bonds. The number of aromatic nitrogens is 4. The Kier molecular flexibility index (Phi) is 3.97. The third-order valence-electron chi connectivity index (χ3n) is 4.88. The molecule has 4 heterocycles. The molecule has 1 aliphatic heterocycles. The number of nitrogens with zero attached hydrogens (tertiary/aromatic N) is 5. The lowest BCUT2D eigenvalue weighted by Gasteiger charge is -2.21. The zero-order chi connectivity index (χ0) is 18.2. The van der Waals surface area contributed by atoms with Crippen molar-refractivity contribution in [3.05, 3.63) is 64.7 Å². The number of amides is 1. The summed E-state index contributed by atoms with van der Waals surface area (Å²) in [5.74, 6) is 0.532. The number of thiazole rings is 1. The first-order chi connectivity index (χ1) is 13.3. The van der Waals surface area contributed by atoms with Crippen LogP contribution in [0.1, 0.15) is 40.1 Å². The molecule has 1 unspecified atom stereocenters. The van der Waals surface area contributed by atoms with Crippen molar-refractivity contribution < 1.29 is 9.32 Å². The van der Waals surface area contributed by atoms with Crippen molar-refractivity contribution >= 4 is 28.3 Å². The van der Waals surface area contributed by atoms with Crippen molar-refractivity contribution in [2.24, 2.45) is 0 Å². The molecule has 0 spiro atoms. The van der Waals surface area contributed by atoms with Crippen LogP contribution in [-0.4, -0.2) is 37.0 Å². The van der Waals surface area contributed by atoms with E-state index in [4.69, 9.17) is 4.52 Å². The fraction of sp³-hybridized carbons (Fsp3) is 0.263. The standard InChI is InChI=1S/C19H17N5O2S/c25-19(24-8-3-6-17(24)18-20-7-9-27-18)15-10-13(26-22-15)11-23-12-21-14-4-1-2-5-16(14)23/h1-2,4-5,7,9-10,12,17H,3,6,8,11H2. The van der Waals surface area contributed by atoms with Gasteiger partial charge in [-0.25, -0.2) is 9.97 Å². The molecule has 0 radical (unpaired) electrons. The van der Waals surface area contributed by atoms with E-state index in [1.807, 2.05) is 39.1 Å². The number of carbonyl (C=O) groups is 1. The molecular weight excluding hydrogens is 362 g/mol. The van der Waals surface area contributed by atoms with Crippen LogP contribution in [0.4, 0.5) is 0 Å². The maximum atomic E-state index is 12.9. The summed E-state index contributed by atoms with van der Waals surface area (Å²) < 4.78 is 7.42. The van der Waals surface area contributed by atoms with Gasteiger partial charge in [-0.1, -0.05) is 17.3 Å². The fourth-order valence-corrected chi connectivity index (χ4v) is 4.39. The first kappa shape index (κ1) is 16.2. The smallest absolute Gasteiger partial charge is 0.276 e. The van der Waals surface area contributed by atoms with Crippen molar-refractivity contribution in [3.63, 3.8) is 0 Å². The van der Waals surface area contributed by atoms with Crippen molar-refractivity contribution in [2.45, 2.75) is 25.4 Å². The quantitative estimate of drug-likeness (QED) is 0.542. The van der Waals surface area contributed by atoms with E-state index in [2.05, 4.69) is 15.1 Å².